The average molecular weight is 200 g/mol. The van der Waals surface area contributed by atoms with Crippen LogP contribution in [0, 0.1) is 0 Å². The Bertz CT molecular complexity index is 324. The third kappa shape index (κ3) is 2.52. The molecule has 0 aliphatic heterocycles. The van der Waals surface area contributed by atoms with Crippen molar-refractivity contribution >= 4 is 6.29 Å². The largest absolute Gasteiger partial charge is 0.508 e. The number of hydrogen-bond donors (Lipinski definition) is 1. The van der Waals surface area contributed by atoms with E-state index in [1.54, 1.807) is 0 Å². The molecule has 2 nitrogen and oxygen atoms in total. The van der Waals surface area contributed by atoms with Crippen molar-refractivity contribution < 1.29 is 18.7 Å². The van der Waals surface area contributed by atoms with Crippen molar-refractivity contribution in [2.75, 3.05) is 0 Å². The van der Waals surface area contributed by atoms with Crippen LogP contribution in [0.25, 0.3) is 0 Å². The smallest absolute Gasteiger partial charge is 0.264 e. The lowest BCUT2D eigenvalue weighted by molar-refractivity contribution is -0.107. The highest BCUT2D eigenvalue weighted by Crippen LogP contribution is 2.26. The number of phenolic OH excluding ortho intramolecular Hbond substituents is 1. The first-order valence-electron chi connectivity index (χ1n) is 4.18. The second-order valence-electron chi connectivity index (χ2n) is 2.89. The molecule has 76 valence electrons. The van der Waals surface area contributed by atoms with Gasteiger partial charge in [0.2, 0.25) is 0 Å². The first kappa shape index (κ1) is 10.6. The number of carbonyl (C=O) groups is 1. The highest BCUT2D eigenvalue weighted by molar-refractivity contribution is 5.50. The van der Waals surface area contributed by atoms with Gasteiger partial charge in [0, 0.05) is 12.0 Å². The molecule has 0 aliphatic rings. The van der Waals surface area contributed by atoms with E-state index in [0.29, 0.717) is 11.8 Å². The van der Waals surface area contributed by atoms with Crippen molar-refractivity contribution in [2.24, 2.45) is 0 Å². The molecule has 0 spiro atoms. The van der Waals surface area contributed by atoms with E-state index >= 15 is 0 Å². The monoisotopic (exact) mass is 200 g/mol. The molecule has 0 saturated carbocycles. The fourth-order valence-corrected chi connectivity index (χ4v) is 1.24. The minimum absolute atomic E-state index is 0.0599. The van der Waals surface area contributed by atoms with Crippen molar-refractivity contribution in [3.63, 3.8) is 0 Å². The first-order chi connectivity index (χ1) is 6.65. The summed E-state index contributed by atoms with van der Waals surface area (Å²) >= 11 is 0. The summed E-state index contributed by atoms with van der Waals surface area (Å²) in [5, 5.41) is 9.09. The van der Waals surface area contributed by atoms with Gasteiger partial charge in [-0.05, 0) is 30.2 Å². The van der Waals surface area contributed by atoms with Crippen LogP contribution in [0.5, 0.6) is 5.75 Å². The van der Waals surface area contributed by atoms with Gasteiger partial charge in [-0.15, -0.1) is 0 Å². The summed E-state index contributed by atoms with van der Waals surface area (Å²) in [7, 11) is 0. The normalized spacial score (nSPS) is 10.5. The van der Waals surface area contributed by atoms with E-state index in [1.807, 2.05) is 0 Å². The molecule has 4 heteroatoms. The number of hydrogen-bond acceptors (Lipinski definition) is 2. The SMILES string of the molecule is O=CCCc1cc(O)ccc1C(F)F. The third-order valence-electron chi connectivity index (χ3n) is 1.89. The van der Waals surface area contributed by atoms with Gasteiger partial charge in [0.05, 0.1) is 0 Å². The van der Waals surface area contributed by atoms with Crippen molar-refractivity contribution in [3.05, 3.63) is 29.3 Å². The van der Waals surface area contributed by atoms with Crippen LogP contribution in [0.3, 0.4) is 0 Å². The lowest BCUT2D eigenvalue weighted by Crippen LogP contribution is -1.95. The predicted octanol–water partition coefficient (Wildman–Crippen LogP) is 2.46. The second-order valence-corrected chi connectivity index (χ2v) is 2.89. The zero-order chi connectivity index (χ0) is 10.6. The molecule has 0 unspecified atom stereocenters. The molecule has 0 amide bonds. The molecule has 1 aromatic carbocycles. The van der Waals surface area contributed by atoms with Crippen molar-refractivity contribution in [1.82, 2.24) is 0 Å². The lowest BCUT2D eigenvalue weighted by atomic mass is 10.0. The van der Waals surface area contributed by atoms with Gasteiger partial charge in [-0.2, -0.15) is 0 Å². The topological polar surface area (TPSA) is 37.3 Å². The molecule has 0 fully saturated rings. The molecule has 1 aromatic rings. The number of aldehydes is 1. The number of aryl methyl sites for hydroxylation is 1. The molecule has 0 bridgehead atoms. The van der Waals surface area contributed by atoms with Crippen LogP contribution in [0.4, 0.5) is 8.78 Å². The standard InChI is InChI=1S/C10H10F2O2/c11-10(12)9-4-3-8(14)6-7(9)2-1-5-13/h3-6,10,14H,1-2H2. The zero-order valence-electron chi connectivity index (χ0n) is 7.41. The van der Waals surface area contributed by atoms with Gasteiger partial charge in [-0.25, -0.2) is 8.78 Å². The minimum atomic E-state index is -2.57. The molecule has 0 atom stereocenters. The number of halogens is 2. The third-order valence-corrected chi connectivity index (χ3v) is 1.89. The molecule has 0 radical (unpaired) electrons. The van der Waals surface area contributed by atoms with Crippen LogP contribution in [0.15, 0.2) is 18.2 Å². The second kappa shape index (κ2) is 4.69. The highest BCUT2D eigenvalue weighted by atomic mass is 19.3. The molecule has 0 heterocycles. The highest BCUT2D eigenvalue weighted by Gasteiger charge is 2.12. The van der Waals surface area contributed by atoms with E-state index in [-0.39, 0.29) is 24.2 Å². The Morgan fingerprint density at radius 3 is 2.71 bits per heavy atom. The molecule has 0 saturated heterocycles. The Balaban J connectivity index is 2.96. The van der Waals surface area contributed by atoms with E-state index in [9.17, 15) is 13.6 Å². The number of phenols is 1. The molecular weight excluding hydrogens is 190 g/mol. The Morgan fingerprint density at radius 2 is 2.14 bits per heavy atom. The van der Waals surface area contributed by atoms with Gasteiger partial charge in [0.15, 0.2) is 0 Å². The summed E-state index contributed by atoms with van der Waals surface area (Å²) < 4.78 is 24.8. The maximum Gasteiger partial charge on any atom is 0.264 e. The molecular formula is C10H10F2O2. The van der Waals surface area contributed by atoms with E-state index in [2.05, 4.69) is 0 Å². The van der Waals surface area contributed by atoms with E-state index < -0.39 is 6.43 Å². The molecule has 14 heavy (non-hydrogen) atoms. The van der Waals surface area contributed by atoms with Crippen LogP contribution < -0.4 is 0 Å². The average Bonchev–Trinajstić information content (AvgIpc) is 2.14. The van der Waals surface area contributed by atoms with Crippen molar-refractivity contribution in [2.45, 2.75) is 19.3 Å². The summed E-state index contributed by atoms with van der Waals surface area (Å²) in [5.74, 6) is -0.0599. The Morgan fingerprint density at radius 1 is 1.43 bits per heavy atom. The maximum atomic E-state index is 12.4. The fourth-order valence-electron chi connectivity index (χ4n) is 1.24. The zero-order valence-corrected chi connectivity index (χ0v) is 7.41. The molecule has 0 aromatic heterocycles. The predicted molar refractivity (Wildman–Crippen MR) is 47.4 cm³/mol. The van der Waals surface area contributed by atoms with Gasteiger partial charge < -0.3 is 9.90 Å². The van der Waals surface area contributed by atoms with E-state index in [4.69, 9.17) is 5.11 Å². The van der Waals surface area contributed by atoms with Crippen molar-refractivity contribution in [3.8, 4) is 5.75 Å². The Kier molecular flexibility index (Phi) is 3.56. The number of carbonyl (C=O) groups excluding carboxylic acids is 1. The number of aromatic hydroxyl groups is 1. The van der Waals surface area contributed by atoms with Crippen molar-refractivity contribution in [1.29, 1.82) is 0 Å². The Labute approximate surface area is 80.2 Å². The van der Waals surface area contributed by atoms with Crippen LogP contribution >= 0.6 is 0 Å². The van der Waals surface area contributed by atoms with Crippen LogP contribution in [0.1, 0.15) is 24.0 Å². The van der Waals surface area contributed by atoms with Gasteiger partial charge in [0.1, 0.15) is 12.0 Å². The number of alkyl halides is 2. The van der Waals surface area contributed by atoms with Gasteiger partial charge in [0.25, 0.3) is 6.43 Å². The summed E-state index contributed by atoms with van der Waals surface area (Å²) in [4.78, 5) is 10.1. The van der Waals surface area contributed by atoms with Crippen LogP contribution in [-0.2, 0) is 11.2 Å². The van der Waals surface area contributed by atoms with E-state index in [0.717, 1.165) is 0 Å². The van der Waals surface area contributed by atoms with Gasteiger partial charge >= 0.3 is 0 Å². The van der Waals surface area contributed by atoms with E-state index in [1.165, 1.54) is 18.2 Å². The fraction of sp³-hybridized carbons (Fsp3) is 0.300. The Hall–Kier alpha value is -1.45. The quantitative estimate of drug-likeness (QED) is 0.758. The molecule has 0 aliphatic carbocycles. The first-order valence-corrected chi connectivity index (χ1v) is 4.18. The summed E-state index contributed by atoms with van der Waals surface area (Å²) in [6, 6.07) is 3.66. The maximum absolute atomic E-state index is 12.4. The summed E-state index contributed by atoms with van der Waals surface area (Å²) in [5.41, 5.74) is 0.205. The number of benzene rings is 1. The van der Waals surface area contributed by atoms with Crippen LogP contribution in [-0.4, -0.2) is 11.4 Å². The van der Waals surface area contributed by atoms with Gasteiger partial charge in [-0.1, -0.05) is 0 Å². The molecule has 1 rings (SSSR count). The molecule has 1 N–H and O–H groups in total. The van der Waals surface area contributed by atoms with Gasteiger partial charge in [-0.3, -0.25) is 0 Å². The summed E-state index contributed by atoms with van der Waals surface area (Å²) in [6.07, 6.45) is -1.49. The minimum Gasteiger partial charge on any atom is -0.508 e. The lowest BCUT2D eigenvalue weighted by Gasteiger charge is -2.07. The van der Waals surface area contributed by atoms with Crippen LogP contribution in [0.2, 0.25) is 0 Å². The summed E-state index contributed by atoms with van der Waals surface area (Å²) in [6.45, 7) is 0. The number of rotatable bonds is 4.